The first-order chi connectivity index (χ1) is 12.2. The molecule has 0 aromatic carbocycles. The Morgan fingerprint density at radius 1 is 0.793 bits per heavy atom. The van der Waals surface area contributed by atoms with Crippen LogP contribution in [0.5, 0.6) is 0 Å². The Bertz CT molecular complexity index is 476. The molecule has 0 bridgehead atoms. The molecule has 9 nitrogen and oxygen atoms in total. The van der Waals surface area contributed by atoms with Crippen LogP contribution in [0.15, 0.2) is 12.0 Å². The molecule has 0 aliphatic carbocycles. The van der Waals surface area contributed by atoms with Crippen LogP contribution in [0.2, 0.25) is 0 Å². The van der Waals surface area contributed by atoms with Gasteiger partial charge in [-0.3, -0.25) is 4.79 Å². The number of carbonyl (C=O) groups is 3. The molecule has 0 spiro atoms. The number of unbranched alkanes of at least 4 members (excludes halogenated alkanes) is 1. The van der Waals surface area contributed by atoms with Gasteiger partial charge in [0, 0.05) is 44.7 Å². The van der Waals surface area contributed by atoms with Crippen LogP contribution in [-0.4, -0.2) is 65.5 Å². The summed E-state index contributed by atoms with van der Waals surface area (Å²) in [5, 5.41) is 41.9. The normalized spacial score (nSPS) is 10.3. The first kappa shape index (κ1) is 35.9. The minimum atomic E-state index is -1.24. The first-order valence-corrected chi connectivity index (χ1v) is 8.70. The van der Waals surface area contributed by atoms with Crippen molar-refractivity contribution in [1.29, 1.82) is 0 Å². The van der Waals surface area contributed by atoms with Crippen LogP contribution in [0.25, 0.3) is 0 Å². The molecule has 0 fully saturated rings. The van der Waals surface area contributed by atoms with E-state index in [1.807, 2.05) is 6.92 Å². The maximum Gasteiger partial charge on any atom is 1.00 e. The van der Waals surface area contributed by atoms with Crippen molar-refractivity contribution in [2.45, 2.75) is 45.4 Å². The second kappa shape index (κ2) is 22.2. The predicted octanol–water partition coefficient (Wildman–Crippen LogP) is -11.3. The molecule has 0 atom stereocenters. The quantitative estimate of drug-likeness (QED) is 0.200. The van der Waals surface area contributed by atoms with Crippen molar-refractivity contribution in [3.05, 3.63) is 12.0 Å². The van der Waals surface area contributed by atoms with E-state index in [1.165, 1.54) is 6.20 Å². The molecule has 12 heteroatoms. The van der Waals surface area contributed by atoms with Gasteiger partial charge in [-0.05, 0) is 25.5 Å². The van der Waals surface area contributed by atoms with Crippen LogP contribution >= 0.6 is 0 Å². The van der Waals surface area contributed by atoms with Gasteiger partial charge in [-0.15, -0.1) is 5.76 Å². The van der Waals surface area contributed by atoms with Crippen molar-refractivity contribution in [2.24, 2.45) is 0 Å². The van der Waals surface area contributed by atoms with Crippen molar-refractivity contribution in [2.75, 3.05) is 32.7 Å². The van der Waals surface area contributed by atoms with Gasteiger partial charge in [-0.1, -0.05) is 19.8 Å². The molecule has 0 saturated carbocycles. The molecular weight excluding hydrogens is 365 g/mol. The molecular formula is C17H27Li3N2O7. The third-order valence-corrected chi connectivity index (χ3v) is 3.68. The van der Waals surface area contributed by atoms with E-state index in [-0.39, 0.29) is 114 Å². The number of carbonyl (C=O) groups excluding carboxylic acids is 2. The van der Waals surface area contributed by atoms with Crippen LogP contribution in [0.3, 0.4) is 0 Å². The Morgan fingerprint density at radius 3 is 1.72 bits per heavy atom. The Labute approximate surface area is 208 Å². The van der Waals surface area contributed by atoms with Gasteiger partial charge < -0.3 is 39.8 Å². The molecule has 0 aromatic heterocycles. The third kappa shape index (κ3) is 23.6. The van der Waals surface area contributed by atoms with Crippen molar-refractivity contribution < 1.29 is 91.4 Å². The minimum Gasteiger partial charge on any atom is -0.874 e. The molecule has 0 aliphatic rings. The fourth-order valence-corrected chi connectivity index (χ4v) is 2.20. The summed E-state index contributed by atoms with van der Waals surface area (Å²) in [5.41, 5.74) is 0. The Kier molecular flexibility index (Phi) is 27.5. The topological polar surface area (TPSA) is 147 Å². The van der Waals surface area contributed by atoms with E-state index in [2.05, 4.69) is 0 Å². The molecule has 0 radical (unpaired) electrons. The van der Waals surface area contributed by atoms with Crippen LogP contribution < -0.4 is 71.9 Å². The van der Waals surface area contributed by atoms with E-state index in [0.717, 1.165) is 12.8 Å². The molecule has 0 saturated heterocycles. The zero-order chi connectivity index (χ0) is 19.9. The van der Waals surface area contributed by atoms with E-state index >= 15 is 0 Å². The molecule has 0 heterocycles. The van der Waals surface area contributed by atoms with Crippen LogP contribution in [-0.2, 0) is 14.4 Å². The number of rotatable bonds is 16. The summed E-state index contributed by atoms with van der Waals surface area (Å²) in [6, 6.07) is 0. The molecule has 0 amide bonds. The van der Waals surface area contributed by atoms with Gasteiger partial charge in [0.15, 0.2) is 0 Å². The van der Waals surface area contributed by atoms with E-state index in [4.69, 9.17) is 5.11 Å². The second-order valence-electron chi connectivity index (χ2n) is 5.96. The predicted molar refractivity (Wildman–Crippen MR) is 87.1 cm³/mol. The number of aliphatic carboxylic acids is 3. The van der Waals surface area contributed by atoms with Crippen molar-refractivity contribution >= 4 is 17.9 Å². The Morgan fingerprint density at radius 2 is 1.31 bits per heavy atom. The average molecular weight is 392 g/mol. The SMILES string of the molecule is CCCC/C([O-])=C/N(CCC(=O)O)CCN(CCC(=O)[O-])CCC(=O)[O-].[Li+].[Li+].[Li+]. The summed E-state index contributed by atoms with van der Waals surface area (Å²) in [6.07, 6.45) is 2.73. The van der Waals surface area contributed by atoms with Gasteiger partial charge in [0.1, 0.15) is 0 Å². The van der Waals surface area contributed by atoms with Gasteiger partial charge in [0.2, 0.25) is 0 Å². The summed E-state index contributed by atoms with van der Waals surface area (Å²) in [6.45, 7) is 2.88. The standard InChI is InChI=1S/C17H30N2O7.3Li/c1-2-3-4-14(20)13-19(10-7-17(25)26)12-11-18(8-5-15(21)22)9-6-16(23)24;;;/h13,20H,2-12H2,1H3,(H,21,22)(H,23,24)(H,25,26);;;/q;3*+1/p-3/b14-13-;;;. The van der Waals surface area contributed by atoms with Crippen molar-refractivity contribution in [1.82, 2.24) is 9.80 Å². The van der Waals surface area contributed by atoms with Crippen molar-refractivity contribution in [3.63, 3.8) is 0 Å². The molecule has 0 aliphatic heterocycles. The van der Waals surface area contributed by atoms with Gasteiger partial charge in [-0.2, -0.15) is 0 Å². The average Bonchev–Trinajstić information content (AvgIpc) is 2.56. The number of hydrogen-bond donors (Lipinski definition) is 1. The largest absolute Gasteiger partial charge is 1.00 e. The van der Waals surface area contributed by atoms with E-state index < -0.39 is 17.9 Å². The minimum absolute atomic E-state index is 0. The Hall–Kier alpha value is -0.498. The van der Waals surface area contributed by atoms with Crippen LogP contribution in [0, 0.1) is 0 Å². The molecule has 0 unspecified atom stereocenters. The van der Waals surface area contributed by atoms with Gasteiger partial charge in [0.05, 0.1) is 6.42 Å². The number of carboxylic acids is 3. The van der Waals surface area contributed by atoms with Gasteiger partial charge in [0.25, 0.3) is 0 Å². The van der Waals surface area contributed by atoms with E-state index in [0.29, 0.717) is 6.42 Å². The number of allylic oxidation sites excluding steroid dienone is 1. The molecule has 29 heavy (non-hydrogen) atoms. The zero-order valence-corrected chi connectivity index (χ0v) is 18.1. The molecule has 0 aromatic rings. The van der Waals surface area contributed by atoms with Crippen molar-refractivity contribution in [3.8, 4) is 0 Å². The summed E-state index contributed by atoms with van der Waals surface area (Å²) < 4.78 is 0. The van der Waals surface area contributed by atoms with E-state index in [1.54, 1.807) is 9.80 Å². The number of nitrogens with zero attached hydrogens (tertiary/aromatic N) is 2. The summed E-state index contributed by atoms with van der Waals surface area (Å²) in [4.78, 5) is 35.2. The number of hydrogen-bond acceptors (Lipinski definition) is 8. The van der Waals surface area contributed by atoms with Gasteiger partial charge in [-0.25, -0.2) is 0 Å². The number of carboxylic acid groups (broad SMARTS) is 3. The zero-order valence-electron chi connectivity index (χ0n) is 18.1. The third-order valence-electron chi connectivity index (χ3n) is 3.68. The summed E-state index contributed by atoms with van der Waals surface area (Å²) in [7, 11) is 0. The summed E-state index contributed by atoms with van der Waals surface area (Å²) >= 11 is 0. The molecule has 0 rings (SSSR count). The van der Waals surface area contributed by atoms with Crippen LogP contribution in [0.4, 0.5) is 0 Å². The fourth-order valence-electron chi connectivity index (χ4n) is 2.20. The molecule has 1 N–H and O–H groups in total. The first-order valence-electron chi connectivity index (χ1n) is 8.70. The fraction of sp³-hybridized carbons (Fsp3) is 0.706. The maximum atomic E-state index is 11.9. The smallest absolute Gasteiger partial charge is 0.874 e. The maximum absolute atomic E-state index is 11.9. The monoisotopic (exact) mass is 392 g/mol. The summed E-state index contributed by atoms with van der Waals surface area (Å²) in [5.74, 6) is -3.58. The Balaban J connectivity index is -0.00000104. The molecule has 150 valence electrons. The second-order valence-corrected chi connectivity index (χ2v) is 5.96. The van der Waals surface area contributed by atoms with E-state index in [9.17, 15) is 29.7 Å². The van der Waals surface area contributed by atoms with Gasteiger partial charge >= 0.3 is 62.6 Å². The van der Waals surface area contributed by atoms with Crippen LogP contribution in [0.1, 0.15) is 45.4 Å².